The molecule has 4 rings (SSSR count). The molecule has 0 aliphatic heterocycles. The van der Waals surface area contributed by atoms with Crippen molar-refractivity contribution < 1.29 is 24.6 Å². The fraction of sp³-hybridized carbons (Fsp3) is 0.792. The number of aliphatic hydroxyl groups excluding tert-OH is 1. The maximum absolute atomic E-state index is 12.5. The quantitative estimate of drug-likeness (QED) is 0.727. The lowest BCUT2D eigenvalue weighted by Crippen LogP contribution is -2.54. The van der Waals surface area contributed by atoms with E-state index < -0.39 is 5.97 Å². The summed E-state index contributed by atoms with van der Waals surface area (Å²) in [7, 11) is 0. The molecule has 0 saturated heterocycles. The second-order valence-electron chi connectivity index (χ2n) is 10.5. The summed E-state index contributed by atoms with van der Waals surface area (Å²) in [6.45, 7) is 4.53. The Morgan fingerprint density at radius 2 is 1.86 bits per heavy atom. The number of hydrogen-bond acceptors (Lipinski definition) is 4. The minimum absolute atomic E-state index is 0.00995. The molecule has 5 nitrogen and oxygen atoms in total. The first-order chi connectivity index (χ1) is 13.7. The predicted molar refractivity (Wildman–Crippen MR) is 108 cm³/mol. The number of carbonyl (C=O) groups is 3. The van der Waals surface area contributed by atoms with E-state index in [-0.39, 0.29) is 47.3 Å². The molecule has 0 aromatic carbocycles. The topological polar surface area (TPSA) is 91.7 Å². The van der Waals surface area contributed by atoms with Crippen molar-refractivity contribution >= 4 is 17.5 Å². The van der Waals surface area contributed by atoms with Gasteiger partial charge in [-0.2, -0.15) is 0 Å². The lowest BCUT2D eigenvalue weighted by atomic mass is 9.45. The van der Waals surface area contributed by atoms with Gasteiger partial charge >= 0.3 is 5.97 Å². The number of ketones is 2. The summed E-state index contributed by atoms with van der Waals surface area (Å²) in [5, 5.41) is 19.5. The van der Waals surface area contributed by atoms with E-state index in [1.54, 1.807) is 0 Å². The molecule has 4 aliphatic carbocycles. The van der Waals surface area contributed by atoms with E-state index in [0.29, 0.717) is 30.6 Å². The van der Waals surface area contributed by atoms with Crippen molar-refractivity contribution in [1.82, 2.24) is 0 Å². The summed E-state index contributed by atoms with van der Waals surface area (Å²) in [6, 6.07) is 0. The molecule has 5 heteroatoms. The first-order valence-electron chi connectivity index (χ1n) is 11.3. The van der Waals surface area contributed by atoms with Gasteiger partial charge in [0.2, 0.25) is 0 Å². The Labute approximate surface area is 172 Å². The van der Waals surface area contributed by atoms with Crippen LogP contribution in [0.1, 0.15) is 78.1 Å². The Balaban J connectivity index is 1.61. The van der Waals surface area contributed by atoms with Gasteiger partial charge in [0.05, 0.1) is 12.5 Å². The minimum atomic E-state index is -0.950. The van der Waals surface area contributed by atoms with Gasteiger partial charge in [-0.15, -0.1) is 0 Å². The maximum Gasteiger partial charge on any atom is 0.303 e. The van der Waals surface area contributed by atoms with Crippen LogP contribution in [0.5, 0.6) is 0 Å². The average Bonchev–Trinajstić information content (AvgIpc) is 2.96. The Morgan fingerprint density at radius 3 is 2.59 bits per heavy atom. The summed E-state index contributed by atoms with van der Waals surface area (Å²) in [5.41, 5.74) is 1.06. The molecule has 2 N–H and O–H groups in total. The number of hydrogen-bond donors (Lipinski definition) is 2. The van der Waals surface area contributed by atoms with Crippen LogP contribution in [0, 0.1) is 34.5 Å². The zero-order valence-electron chi connectivity index (χ0n) is 17.7. The third kappa shape index (κ3) is 3.30. The molecular formula is C24H34O5. The summed E-state index contributed by atoms with van der Waals surface area (Å²) in [6.07, 6.45) is 8.26. The number of aliphatic hydroxyl groups is 1. The van der Waals surface area contributed by atoms with Gasteiger partial charge in [0.15, 0.2) is 5.78 Å². The fourth-order valence-electron chi connectivity index (χ4n) is 7.64. The molecule has 2 unspecified atom stereocenters. The molecule has 0 spiro atoms. The Morgan fingerprint density at radius 1 is 1.10 bits per heavy atom. The third-order valence-corrected chi connectivity index (χ3v) is 9.32. The van der Waals surface area contributed by atoms with Gasteiger partial charge in [0.1, 0.15) is 5.78 Å². The van der Waals surface area contributed by atoms with Crippen molar-refractivity contribution in [2.24, 2.45) is 34.5 Å². The molecule has 0 bridgehead atoms. The second-order valence-corrected chi connectivity index (χ2v) is 10.5. The number of aliphatic carboxylic acids is 1. The molecule has 160 valence electrons. The van der Waals surface area contributed by atoms with Crippen LogP contribution in [-0.4, -0.2) is 33.9 Å². The van der Waals surface area contributed by atoms with E-state index in [0.717, 1.165) is 38.5 Å². The van der Waals surface area contributed by atoms with Gasteiger partial charge in [-0.3, -0.25) is 14.4 Å². The molecule has 3 saturated carbocycles. The van der Waals surface area contributed by atoms with Gasteiger partial charge in [-0.05, 0) is 79.1 Å². The maximum atomic E-state index is 12.5. The first-order valence-corrected chi connectivity index (χ1v) is 11.3. The van der Waals surface area contributed by atoms with Crippen LogP contribution in [0.2, 0.25) is 0 Å². The number of fused-ring (bicyclic) bond motifs is 5. The normalized spacial score (nSPS) is 43.8. The number of carboxylic acids is 1. The summed E-state index contributed by atoms with van der Waals surface area (Å²) >= 11 is 0. The number of allylic oxidation sites excluding steroid dienone is 1. The standard InChI is InChI=1S/C24H34O5/c1-23-10-9-20-18(19(23)6-7-21(23)27)5-3-14-11-17(26)13-15(24(14,20)2)12-16(25)4-8-22(28)29/h11,15,18-21,27H,3-10,12-13H2,1-2H3,(H,28,29)/t15?,18-,19-,20+,21?,23-,24+/m0/s1. The smallest absolute Gasteiger partial charge is 0.303 e. The lowest BCUT2D eigenvalue weighted by molar-refractivity contribution is -0.139. The third-order valence-electron chi connectivity index (χ3n) is 9.32. The lowest BCUT2D eigenvalue weighted by Gasteiger charge is -2.60. The Bertz CT molecular complexity index is 754. The van der Waals surface area contributed by atoms with E-state index in [1.807, 2.05) is 6.08 Å². The highest BCUT2D eigenvalue weighted by molar-refractivity contribution is 5.93. The van der Waals surface area contributed by atoms with E-state index in [9.17, 15) is 19.5 Å². The van der Waals surface area contributed by atoms with Crippen molar-refractivity contribution in [2.75, 3.05) is 0 Å². The largest absolute Gasteiger partial charge is 0.481 e. The van der Waals surface area contributed by atoms with Crippen molar-refractivity contribution in [1.29, 1.82) is 0 Å². The Hall–Kier alpha value is -1.49. The van der Waals surface area contributed by atoms with Crippen LogP contribution in [0.25, 0.3) is 0 Å². The van der Waals surface area contributed by atoms with Gasteiger partial charge in [-0.25, -0.2) is 0 Å². The van der Waals surface area contributed by atoms with E-state index >= 15 is 0 Å². The molecule has 3 fully saturated rings. The zero-order chi connectivity index (χ0) is 21.0. The highest BCUT2D eigenvalue weighted by Crippen LogP contribution is 2.66. The molecule has 7 atom stereocenters. The second kappa shape index (κ2) is 7.33. The van der Waals surface area contributed by atoms with Gasteiger partial charge in [0, 0.05) is 19.3 Å². The van der Waals surface area contributed by atoms with Crippen LogP contribution < -0.4 is 0 Å². The zero-order valence-corrected chi connectivity index (χ0v) is 17.7. The molecule has 4 aliphatic rings. The highest BCUT2D eigenvalue weighted by atomic mass is 16.4. The van der Waals surface area contributed by atoms with Crippen LogP contribution >= 0.6 is 0 Å². The van der Waals surface area contributed by atoms with Crippen LogP contribution in [0.3, 0.4) is 0 Å². The fourth-order valence-corrected chi connectivity index (χ4v) is 7.64. The van der Waals surface area contributed by atoms with Crippen molar-refractivity contribution in [3.05, 3.63) is 11.6 Å². The molecule has 0 radical (unpaired) electrons. The van der Waals surface area contributed by atoms with Crippen molar-refractivity contribution in [2.45, 2.75) is 84.2 Å². The van der Waals surface area contributed by atoms with Crippen LogP contribution in [0.15, 0.2) is 11.6 Å². The SMILES string of the molecule is C[C@]12CC[C@@H]3[C@@H](CCC4=CC(=O)CC(CC(=O)CCC(=O)O)[C@@]43C)[C@@H]1CCC2O. The summed E-state index contributed by atoms with van der Waals surface area (Å²) in [4.78, 5) is 35.8. The van der Waals surface area contributed by atoms with Gasteiger partial charge in [0.25, 0.3) is 0 Å². The molecular weight excluding hydrogens is 368 g/mol. The van der Waals surface area contributed by atoms with E-state index in [1.165, 1.54) is 5.57 Å². The average molecular weight is 403 g/mol. The Kier molecular flexibility index (Phi) is 5.25. The monoisotopic (exact) mass is 402 g/mol. The number of carbonyl (C=O) groups excluding carboxylic acids is 2. The van der Waals surface area contributed by atoms with Crippen LogP contribution in [0.4, 0.5) is 0 Å². The molecule has 29 heavy (non-hydrogen) atoms. The van der Waals surface area contributed by atoms with Gasteiger partial charge < -0.3 is 10.2 Å². The highest BCUT2D eigenvalue weighted by Gasteiger charge is 2.60. The number of rotatable bonds is 5. The predicted octanol–water partition coefficient (Wildman–Crippen LogP) is 3.93. The van der Waals surface area contributed by atoms with Crippen molar-refractivity contribution in [3.8, 4) is 0 Å². The molecule has 0 aromatic heterocycles. The minimum Gasteiger partial charge on any atom is -0.481 e. The van der Waals surface area contributed by atoms with E-state index in [2.05, 4.69) is 13.8 Å². The first kappa shape index (κ1) is 20.8. The van der Waals surface area contributed by atoms with E-state index in [4.69, 9.17) is 5.11 Å². The summed E-state index contributed by atoms with van der Waals surface area (Å²) < 4.78 is 0. The number of Topliss-reactive ketones (excluding diaryl/α,β-unsaturated/α-hetero) is 1. The van der Waals surface area contributed by atoms with Gasteiger partial charge in [-0.1, -0.05) is 19.4 Å². The molecule has 0 heterocycles. The van der Waals surface area contributed by atoms with Crippen LogP contribution in [-0.2, 0) is 14.4 Å². The molecule has 0 aromatic rings. The molecule has 0 amide bonds. The number of carboxylic acid groups (broad SMARTS) is 1. The summed E-state index contributed by atoms with van der Waals surface area (Å²) in [5.74, 6) is 0.606. The van der Waals surface area contributed by atoms with Crippen molar-refractivity contribution in [3.63, 3.8) is 0 Å².